The molecular weight excluding hydrogens is 378 g/mol. The molecule has 1 saturated heterocycles. The normalized spacial score (nSPS) is 25.5. The minimum atomic E-state index is -3.93. The molecule has 11 heteroatoms. The molecule has 1 aromatic carbocycles. The molecule has 1 aliphatic rings. The van der Waals surface area contributed by atoms with Crippen molar-refractivity contribution in [1.29, 1.82) is 0 Å². The smallest absolute Gasteiger partial charge is 0.351 e. The lowest BCUT2D eigenvalue weighted by Crippen LogP contribution is -2.36. The average Bonchev–Trinajstić information content (AvgIpc) is 2.90. The molecule has 0 bridgehead atoms. The van der Waals surface area contributed by atoms with E-state index < -0.39 is 46.9 Å². The fourth-order valence-electron chi connectivity index (χ4n) is 2.69. The molecule has 3 rings (SSSR count). The number of benzene rings is 1. The van der Waals surface area contributed by atoms with E-state index in [1.165, 1.54) is 24.4 Å². The Hall–Kier alpha value is -2.31. The van der Waals surface area contributed by atoms with Crippen LogP contribution in [0, 0.1) is 6.92 Å². The van der Waals surface area contributed by atoms with Crippen LogP contribution in [0.2, 0.25) is 0 Å². The van der Waals surface area contributed by atoms with Crippen LogP contribution < -0.4 is 10.4 Å². The molecule has 0 aliphatic carbocycles. The topological polar surface area (TPSA) is 151 Å². The Morgan fingerprint density at radius 2 is 1.85 bits per heavy atom. The maximum absolute atomic E-state index is 12.4. The predicted molar refractivity (Wildman–Crippen MR) is 93.5 cm³/mol. The minimum absolute atomic E-state index is 0.0162. The zero-order valence-electron chi connectivity index (χ0n) is 14.3. The number of anilines is 1. The van der Waals surface area contributed by atoms with Gasteiger partial charge in [0.15, 0.2) is 6.23 Å². The van der Waals surface area contributed by atoms with Crippen LogP contribution in [0.25, 0.3) is 0 Å². The number of hydrogen-bond acceptors (Lipinski definition) is 8. The Morgan fingerprint density at radius 1 is 1.19 bits per heavy atom. The van der Waals surface area contributed by atoms with Gasteiger partial charge in [0.2, 0.25) is 0 Å². The van der Waals surface area contributed by atoms with Crippen molar-refractivity contribution in [2.45, 2.75) is 36.4 Å². The summed E-state index contributed by atoms with van der Waals surface area (Å²) >= 11 is 0. The summed E-state index contributed by atoms with van der Waals surface area (Å²) < 4.78 is 33.1. The molecule has 1 fully saturated rings. The monoisotopic (exact) mass is 397 g/mol. The van der Waals surface area contributed by atoms with E-state index in [9.17, 15) is 23.4 Å². The molecule has 10 nitrogen and oxygen atoms in total. The number of aryl methyl sites for hydroxylation is 1. The SMILES string of the molecule is Cc1ccc(S(=O)(=O)Nc2ccn([C@@H]3O[C@H](CO)[C@H](O)C3O)c(=O)n2)cc1. The third-order valence-corrected chi connectivity index (χ3v) is 5.56. The van der Waals surface area contributed by atoms with Gasteiger partial charge >= 0.3 is 5.69 Å². The highest BCUT2D eigenvalue weighted by molar-refractivity contribution is 7.92. The van der Waals surface area contributed by atoms with E-state index in [2.05, 4.69) is 9.71 Å². The van der Waals surface area contributed by atoms with E-state index in [1.807, 2.05) is 6.92 Å². The molecule has 0 radical (unpaired) electrons. The fraction of sp³-hybridized carbons (Fsp3) is 0.375. The van der Waals surface area contributed by atoms with E-state index in [-0.39, 0.29) is 10.7 Å². The molecular formula is C16H19N3O7S. The zero-order valence-corrected chi connectivity index (χ0v) is 15.1. The lowest BCUT2D eigenvalue weighted by molar-refractivity contribution is -0.0549. The van der Waals surface area contributed by atoms with Gasteiger partial charge in [0.05, 0.1) is 11.5 Å². The van der Waals surface area contributed by atoms with E-state index in [1.54, 1.807) is 12.1 Å². The molecule has 0 saturated carbocycles. The Kier molecular flexibility index (Phi) is 5.31. The molecule has 1 aliphatic heterocycles. The second-order valence-corrected chi connectivity index (χ2v) is 7.83. The van der Waals surface area contributed by atoms with E-state index >= 15 is 0 Å². The summed E-state index contributed by atoms with van der Waals surface area (Å²) in [4.78, 5) is 15.9. The number of aromatic nitrogens is 2. The number of aliphatic hydroxyl groups is 3. The number of hydrogen-bond donors (Lipinski definition) is 4. The van der Waals surface area contributed by atoms with Gasteiger partial charge in [0.25, 0.3) is 10.0 Å². The lowest BCUT2D eigenvalue weighted by atomic mass is 10.1. The Bertz CT molecular complexity index is 974. The summed E-state index contributed by atoms with van der Waals surface area (Å²) in [5.41, 5.74) is 0.00195. The molecule has 0 amide bonds. The molecule has 146 valence electrons. The van der Waals surface area contributed by atoms with Crippen LogP contribution in [0.15, 0.2) is 46.2 Å². The quantitative estimate of drug-likeness (QED) is 0.500. The van der Waals surface area contributed by atoms with Crippen LogP contribution in [-0.2, 0) is 14.8 Å². The van der Waals surface area contributed by atoms with Gasteiger partial charge < -0.3 is 20.1 Å². The van der Waals surface area contributed by atoms with Crippen LogP contribution >= 0.6 is 0 Å². The third-order valence-electron chi connectivity index (χ3n) is 4.19. The second-order valence-electron chi connectivity index (χ2n) is 6.15. The van der Waals surface area contributed by atoms with Crippen LogP contribution in [-0.4, -0.2) is 58.2 Å². The average molecular weight is 397 g/mol. The first-order valence-corrected chi connectivity index (χ1v) is 9.52. The molecule has 2 aromatic rings. The molecule has 27 heavy (non-hydrogen) atoms. The predicted octanol–water partition coefficient (Wildman–Crippen LogP) is -1.04. The van der Waals surface area contributed by atoms with Gasteiger partial charge in [-0.3, -0.25) is 9.29 Å². The van der Waals surface area contributed by atoms with E-state index in [0.717, 1.165) is 10.1 Å². The zero-order chi connectivity index (χ0) is 19.8. The number of nitrogens with zero attached hydrogens (tertiary/aromatic N) is 2. The first-order chi connectivity index (χ1) is 12.7. The molecule has 1 unspecified atom stereocenters. The number of aliphatic hydroxyl groups excluding tert-OH is 3. The van der Waals surface area contributed by atoms with Gasteiger partial charge in [0.1, 0.15) is 24.1 Å². The van der Waals surface area contributed by atoms with Crippen molar-refractivity contribution >= 4 is 15.8 Å². The van der Waals surface area contributed by atoms with Crippen molar-refractivity contribution in [3.8, 4) is 0 Å². The van der Waals surface area contributed by atoms with Crippen molar-refractivity contribution in [3.05, 3.63) is 52.6 Å². The summed E-state index contributed by atoms with van der Waals surface area (Å²) in [5.74, 6) is -0.205. The maximum atomic E-state index is 12.4. The van der Waals surface area contributed by atoms with E-state index in [0.29, 0.717) is 0 Å². The number of ether oxygens (including phenoxy) is 1. The Morgan fingerprint density at radius 3 is 2.41 bits per heavy atom. The molecule has 0 spiro atoms. The van der Waals surface area contributed by atoms with Crippen molar-refractivity contribution < 1.29 is 28.5 Å². The largest absolute Gasteiger partial charge is 0.394 e. The Balaban J connectivity index is 1.83. The summed E-state index contributed by atoms with van der Waals surface area (Å²) in [5, 5.41) is 28.9. The van der Waals surface area contributed by atoms with Crippen molar-refractivity contribution in [1.82, 2.24) is 9.55 Å². The van der Waals surface area contributed by atoms with E-state index in [4.69, 9.17) is 9.84 Å². The molecule has 1 aromatic heterocycles. The van der Waals surface area contributed by atoms with Crippen LogP contribution in [0.4, 0.5) is 5.82 Å². The van der Waals surface area contributed by atoms with Crippen LogP contribution in [0.5, 0.6) is 0 Å². The summed E-state index contributed by atoms with van der Waals surface area (Å²) in [6.07, 6.45) is -3.93. The maximum Gasteiger partial charge on any atom is 0.351 e. The molecule has 2 heterocycles. The van der Waals surface area contributed by atoms with Gasteiger partial charge in [-0.05, 0) is 25.1 Å². The van der Waals surface area contributed by atoms with Crippen LogP contribution in [0.1, 0.15) is 11.8 Å². The molecule has 4 atom stereocenters. The highest BCUT2D eigenvalue weighted by atomic mass is 32.2. The van der Waals surface area contributed by atoms with Crippen molar-refractivity contribution in [2.75, 3.05) is 11.3 Å². The summed E-state index contributed by atoms with van der Waals surface area (Å²) in [6, 6.07) is 7.36. The van der Waals surface area contributed by atoms with Gasteiger partial charge in [-0.1, -0.05) is 17.7 Å². The molecule has 4 N–H and O–H groups in total. The second kappa shape index (κ2) is 7.37. The number of rotatable bonds is 5. The van der Waals surface area contributed by atoms with Crippen molar-refractivity contribution in [2.24, 2.45) is 0 Å². The van der Waals surface area contributed by atoms with Gasteiger partial charge in [0, 0.05) is 6.20 Å². The fourth-order valence-corrected chi connectivity index (χ4v) is 3.69. The minimum Gasteiger partial charge on any atom is -0.394 e. The third kappa shape index (κ3) is 3.87. The van der Waals surface area contributed by atoms with Crippen molar-refractivity contribution in [3.63, 3.8) is 0 Å². The van der Waals surface area contributed by atoms with Gasteiger partial charge in [-0.2, -0.15) is 4.98 Å². The first-order valence-electron chi connectivity index (χ1n) is 8.04. The van der Waals surface area contributed by atoms with Gasteiger partial charge in [-0.25, -0.2) is 13.2 Å². The highest BCUT2D eigenvalue weighted by Gasteiger charge is 2.43. The standard InChI is InChI=1S/C16H19N3O7S/c1-9-2-4-10(5-3-9)27(24,25)18-12-6-7-19(16(23)17-12)15-14(22)13(21)11(8-20)26-15/h2-7,11,13-15,20-22H,8H2,1H3,(H,17,18,23)/t11-,13+,14?,15-/m1/s1. The summed E-state index contributed by atoms with van der Waals surface area (Å²) in [6.45, 7) is 1.29. The Labute approximate surface area is 154 Å². The number of nitrogens with one attached hydrogen (secondary N) is 1. The first kappa shape index (κ1) is 19.5. The lowest BCUT2D eigenvalue weighted by Gasteiger charge is -2.17. The highest BCUT2D eigenvalue weighted by Crippen LogP contribution is 2.28. The summed E-state index contributed by atoms with van der Waals surface area (Å²) in [7, 11) is -3.93. The van der Waals surface area contributed by atoms with Gasteiger partial charge in [-0.15, -0.1) is 0 Å². The number of sulfonamides is 1. The van der Waals surface area contributed by atoms with Crippen LogP contribution in [0.3, 0.4) is 0 Å².